The summed E-state index contributed by atoms with van der Waals surface area (Å²) in [6.07, 6.45) is 5.08. The van der Waals surface area contributed by atoms with E-state index < -0.39 is 0 Å². The third kappa shape index (κ3) is 4.11. The van der Waals surface area contributed by atoms with E-state index in [1.807, 2.05) is 24.7 Å². The van der Waals surface area contributed by atoms with Crippen LogP contribution >= 0.6 is 0 Å². The van der Waals surface area contributed by atoms with E-state index in [0.717, 1.165) is 36.2 Å². The third-order valence-corrected chi connectivity index (χ3v) is 6.54. The number of ketones is 1. The fourth-order valence-electron chi connectivity index (χ4n) is 4.68. The largest absolute Gasteiger partial charge is 0.349 e. The number of nitrogens with one attached hydrogen (secondary N) is 1. The molecule has 7 nitrogen and oxygen atoms in total. The fraction of sp³-hybridized carbons (Fsp3) is 0.440. The van der Waals surface area contributed by atoms with Crippen LogP contribution in [0.3, 0.4) is 0 Å². The zero-order chi connectivity index (χ0) is 23.0. The van der Waals surface area contributed by atoms with Gasteiger partial charge in [0.25, 0.3) is 0 Å². The minimum Gasteiger partial charge on any atom is -0.349 e. The highest BCUT2D eigenvalue weighted by Gasteiger charge is 2.26. The first-order valence-corrected chi connectivity index (χ1v) is 11.2. The van der Waals surface area contributed by atoms with Crippen molar-refractivity contribution in [2.24, 2.45) is 0 Å². The molecule has 3 aromatic rings. The summed E-state index contributed by atoms with van der Waals surface area (Å²) in [7, 11) is 0. The van der Waals surface area contributed by atoms with Crippen LogP contribution in [0.5, 0.6) is 0 Å². The molecule has 4 rings (SSSR count). The van der Waals surface area contributed by atoms with E-state index in [1.54, 1.807) is 11.6 Å². The molecule has 0 fully saturated rings. The molecule has 1 N–H and O–H groups in total. The molecule has 0 unspecified atom stereocenters. The minimum atomic E-state index is -0.0280. The van der Waals surface area contributed by atoms with Crippen LogP contribution in [0, 0.1) is 27.7 Å². The predicted molar refractivity (Wildman–Crippen MR) is 123 cm³/mol. The van der Waals surface area contributed by atoms with Crippen LogP contribution in [-0.4, -0.2) is 31.3 Å². The van der Waals surface area contributed by atoms with Gasteiger partial charge in [-0.25, -0.2) is 4.68 Å². The van der Waals surface area contributed by atoms with Crippen molar-refractivity contribution in [2.45, 2.75) is 72.9 Å². The smallest absolute Gasteiger partial charge is 0.222 e. The average Bonchev–Trinajstić information content (AvgIpc) is 3.29. The van der Waals surface area contributed by atoms with Crippen molar-refractivity contribution in [3.8, 4) is 5.69 Å². The Kier molecular flexibility index (Phi) is 6.00. The van der Waals surface area contributed by atoms with Crippen LogP contribution in [0.2, 0.25) is 0 Å². The number of carbonyl (C=O) groups is 2. The Hall–Kier alpha value is -3.22. The standard InChI is InChI=1S/C25H31N5O2/c1-15-9-10-20(13-16(15)2)30-23-8-6-7-22(21(23)14-26-30)27-24(32)11-12-29-18(4)25(19(5)31)17(3)28-29/h9-10,13-14,22H,6-8,11-12H2,1-5H3,(H,27,32)/t22-/m1/s1. The van der Waals surface area contributed by atoms with Gasteiger partial charge < -0.3 is 5.32 Å². The lowest BCUT2D eigenvalue weighted by Crippen LogP contribution is -2.31. The molecule has 0 saturated carbocycles. The van der Waals surface area contributed by atoms with Gasteiger partial charge in [0.15, 0.2) is 5.78 Å². The zero-order valence-corrected chi connectivity index (χ0v) is 19.5. The molecule has 1 aliphatic carbocycles. The Balaban J connectivity index is 1.46. The first kappa shape index (κ1) is 22.0. The Morgan fingerprint density at radius 2 is 1.94 bits per heavy atom. The van der Waals surface area contributed by atoms with Crippen LogP contribution in [-0.2, 0) is 17.8 Å². The van der Waals surface area contributed by atoms with E-state index in [2.05, 4.69) is 47.6 Å². The molecule has 0 aliphatic heterocycles. The van der Waals surface area contributed by atoms with Crippen LogP contribution < -0.4 is 5.32 Å². The van der Waals surface area contributed by atoms with Crippen molar-refractivity contribution in [3.63, 3.8) is 0 Å². The van der Waals surface area contributed by atoms with E-state index in [9.17, 15) is 9.59 Å². The van der Waals surface area contributed by atoms with Crippen molar-refractivity contribution in [1.82, 2.24) is 24.9 Å². The van der Waals surface area contributed by atoms with Gasteiger partial charge in [-0.05, 0) is 77.1 Å². The van der Waals surface area contributed by atoms with Crippen molar-refractivity contribution in [3.05, 3.63) is 63.7 Å². The number of aryl methyl sites for hydroxylation is 4. The lowest BCUT2D eigenvalue weighted by atomic mass is 9.92. The first-order chi connectivity index (χ1) is 15.3. The molecule has 1 aliphatic rings. The number of Topliss-reactive ketones (excluding diaryl/α,β-unsaturated/α-hetero) is 1. The number of aromatic nitrogens is 4. The predicted octanol–water partition coefficient (Wildman–Crippen LogP) is 4.09. The lowest BCUT2D eigenvalue weighted by Gasteiger charge is -2.24. The average molecular weight is 434 g/mol. The summed E-state index contributed by atoms with van der Waals surface area (Å²) >= 11 is 0. The number of fused-ring (bicyclic) bond motifs is 1. The number of rotatable bonds is 6. The van der Waals surface area contributed by atoms with Gasteiger partial charge >= 0.3 is 0 Å². The van der Waals surface area contributed by atoms with Gasteiger partial charge in [0, 0.05) is 29.9 Å². The SMILES string of the molecule is CC(=O)c1c(C)nn(CCC(=O)N[C@@H]2CCCc3c2cnn3-c2ccc(C)c(C)c2)c1C. The Bertz CT molecular complexity index is 1190. The highest BCUT2D eigenvalue weighted by molar-refractivity contribution is 5.96. The van der Waals surface area contributed by atoms with E-state index in [1.165, 1.54) is 16.8 Å². The topological polar surface area (TPSA) is 81.8 Å². The molecule has 168 valence electrons. The van der Waals surface area contributed by atoms with Gasteiger partial charge in [-0.3, -0.25) is 14.3 Å². The van der Waals surface area contributed by atoms with Gasteiger partial charge in [-0.15, -0.1) is 0 Å². The van der Waals surface area contributed by atoms with Gasteiger partial charge in [0.05, 0.1) is 29.2 Å². The fourth-order valence-corrected chi connectivity index (χ4v) is 4.68. The highest BCUT2D eigenvalue weighted by atomic mass is 16.1. The number of carbonyl (C=O) groups excluding carboxylic acids is 2. The molecule has 0 spiro atoms. The van der Waals surface area contributed by atoms with Crippen LogP contribution in [0.4, 0.5) is 0 Å². The minimum absolute atomic E-state index is 0.00576. The molecule has 2 heterocycles. The van der Waals surface area contributed by atoms with Gasteiger partial charge in [0.1, 0.15) is 0 Å². The van der Waals surface area contributed by atoms with E-state index >= 15 is 0 Å². The normalized spacial score (nSPS) is 15.5. The number of benzene rings is 1. The number of amides is 1. The van der Waals surface area contributed by atoms with Crippen molar-refractivity contribution in [2.75, 3.05) is 0 Å². The Morgan fingerprint density at radius 3 is 2.62 bits per heavy atom. The summed E-state index contributed by atoms with van der Waals surface area (Å²) in [5.74, 6) is -0.00933. The summed E-state index contributed by atoms with van der Waals surface area (Å²) < 4.78 is 3.77. The first-order valence-electron chi connectivity index (χ1n) is 11.2. The summed E-state index contributed by atoms with van der Waals surface area (Å²) in [4.78, 5) is 24.6. The molecule has 1 atom stereocenters. The maximum absolute atomic E-state index is 12.7. The summed E-state index contributed by atoms with van der Waals surface area (Å²) in [5.41, 5.74) is 8.03. The van der Waals surface area contributed by atoms with E-state index in [-0.39, 0.29) is 17.7 Å². The quantitative estimate of drug-likeness (QED) is 0.594. The highest BCUT2D eigenvalue weighted by Crippen LogP contribution is 2.31. The second kappa shape index (κ2) is 8.73. The second-order valence-electron chi connectivity index (χ2n) is 8.81. The molecule has 0 saturated heterocycles. The Morgan fingerprint density at radius 1 is 1.16 bits per heavy atom. The van der Waals surface area contributed by atoms with Gasteiger partial charge in [-0.2, -0.15) is 10.2 Å². The van der Waals surface area contributed by atoms with Gasteiger partial charge in [0.2, 0.25) is 5.91 Å². The molecular weight excluding hydrogens is 402 g/mol. The summed E-state index contributed by atoms with van der Waals surface area (Å²) in [5, 5.41) is 12.3. The maximum Gasteiger partial charge on any atom is 0.222 e. The van der Waals surface area contributed by atoms with Gasteiger partial charge in [-0.1, -0.05) is 6.07 Å². The Labute approximate surface area is 188 Å². The van der Waals surface area contributed by atoms with Crippen molar-refractivity contribution >= 4 is 11.7 Å². The summed E-state index contributed by atoms with van der Waals surface area (Å²) in [6.45, 7) is 9.93. The van der Waals surface area contributed by atoms with Crippen LogP contribution in [0.25, 0.3) is 5.69 Å². The number of hydrogen-bond acceptors (Lipinski definition) is 4. The molecule has 7 heteroatoms. The molecule has 0 bridgehead atoms. The molecular formula is C25H31N5O2. The molecule has 0 radical (unpaired) electrons. The molecule has 1 aromatic carbocycles. The maximum atomic E-state index is 12.7. The monoisotopic (exact) mass is 433 g/mol. The zero-order valence-electron chi connectivity index (χ0n) is 19.5. The third-order valence-electron chi connectivity index (χ3n) is 6.54. The number of nitrogens with zero attached hydrogens (tertiary/aromatic N) is 4. The van der Waals surface area contributed by atoms with E-state index in [4.69, 9.17) is 0 Å². The molecule has 32 heavy (non-hydrogen) atoms. The van der Waals surface area contributed by atoms with Crippen molar-refractivity contribution < 1.29 is 9.59 Å². The van der Waals surface area contributed by atoms with Crippen molar-refractivity contribution in [1.29, 1.82) is 0 Å². The van der Waals surface area contributed by atoms with Crippen LogP contribution in [0.15, 0.2) is 24.4 Å². The van der Waals surface area contributed by atoms with Crippen LogP contribution in [0.1, 0.15) is 76.4 Å². The summed E-state index contributed by atoms with van der Waals surface area (Å²) in [6, 6.07) is 6.35. The molecule has 2 aromatic heterocycles. The lowest BCUT2D eigenvalue weighted by molar-refractivity contribution is -0.122. The second-order valence-corrected chi connectivity index (χ2v) is 8.81. The molecule has 1 amide bonds. The van der Waals surface area contributed by atoms with E-state index in [0.29, 0.717) is 24.2 Å². The number of hydrogen-bond donors (Lipinski definition) is 1.